The van der Waals surface area contributed by atoms with E-state index in [9.17, 15) is 19.5 Å². The maximum atomic E-state index is 14.5. The van der Waals surface area contributed by atoms with Crippen molar-refractivity contribution in [1.82, 2.24) is 4.90 Å². The zero-order valence-electron chi connectivity index (χ0n) is 25.2. The molecule has 3 unspecified atom stereocenters. The number of fused-ring (bicyclic) bond motifs is 1. The van der Waals surface area contributed by atoms with Gasteiger partial charge in [0, 0.05) is 35.4 Å². The van der Waals surface area contributed by atoms with Crippen LogP contribution in [0, 0.1) is 23.7 Å². The SMILES string of the molecule is CCN(CC)c1ccc(NC(=O)C2N([C@@H](CO)CC(C)C)C(=O)[C@@H]3[C@H](C(=O)Nc4ccccc4)[C@@H]4CC(C)C23S4)cc1. The maximum Gasteiger partial charge on any atom is 0.248 e. The van der Waals surface area contributed by atoms with Crippen LogP contribution in [0.15, 0.2) is 54.6 Å². The Labute approximate surface area is 253 Å². The molecule has 2 aromatic carbocycles. The molecule has 8 nitrogen and oxygen atoms in total. The minimum Gasteiger partial charge on any atom is -0.394 e. The molecule has 2 aromatic rings. The van der Waals surface area contributed by atoms with Gasteiger partial charge in [-0.25, -0.2) is 0 Å². The van der Waals surface area contributed by atoms with Gasteiger partial charge in [-0.15, -0.1) is 11.8 Å². The highest BCUT2D eigenvalue weighted by molar-refractivity contribution is 8.02. The number of hydrogen-bond acceptors (Lipinski definition) is 6. The Bertz CT molecular complexity index is 1280. The van der Waals surface area contributed by atoms with E-state index in [0.29, 0.717) is 17.8 Å². The first-order valence-electron chi connectivity index (χ1n) is 15.3. The number of likely N-dealkylation sites (tertiary alicyclic amines) is 1. The number of carbonyl (C=O) groups is 3. The lowest BCUT2D eigenvalue weighted by atomic mass is 9.66. The molecule has 3 saturated heterocycles. The van der Waals surface area contributed by atoms with Gasteiger partial charge in [-0.1, -0.05) is 39.0 Å². The van der Waals surface area contributed by atoms with Crippen molar-refractivity contribution in [3.63, 3.8) is 0 Å². The van der Waals surface area contributed by atoms with E-state index < -0.39 is 28.7 Å². The van der Waals surface area contributed by atoms with E-state index in [0.717, 1.165) is 25.2 Å². The van der Waals surface area contributed by atoms with E-state index in [1.807, 2.05) is 68.4 Å². The molecule has 3 amide bonds. The molecule has 0 aliphatic carbocycles. The van der Waals surface area contributed by atoms with Crippen molar-refractivity contribution < 1.29 is 19.5 Å². The lowest BCUT2D eigenvalue weighted by Gasteiger charge is -2.40. The first kappa shape index (κ1) is 30.4. The molecule has 0 aromatic heterocycles. The van der Waals surface area contributed by atoms with Crippen LogP contribution in [0.5, 0.6) is 0 Å². The van der Waals surface area contributed by atoms with E-state index >= 15 is 0 Å². The van der Waals surface area contributed by atoms with E-state index in [1.165, 1.54) is 0 Å². The molecule has 42 heavy (non-hydrogen) atoms. The number of amides is 3. The first-order chi connectivity index (χ1) is 20.2. The molecule has 7 atom stereocenters. The molecule has 3 fully saturated rings. The Morgan fingerprint density at radius 1 is 1.02 bits per heavy atom. The van der Waals surface area contributed by atoms with Crippen LogP contribution in [0.3, 0.4) is 0 Å². The summed E-state index contributed by atoms with van der Waals surface area (Å²) < 4.78 is -0.754. The van der Waals surface area contributed by atoms with Crippen LogP contribution in [0.1, 0.15) is 47.5 Å². The molecule has 0 radical (unpaired) electrons. The third-order valence-corrected chi connectivity index (χ3v) is 11.5. The monoisotopic (exact) mass is 592 g/mol. The molecule has 3 aliphatic rings. The van der Waals surface area contributed by atoms with E-state index in [4.69, 9.17) is 0 Å². The van der Waals surface area contributed by atoms with Crippen molar-refractivity contribution in [2.24, 2.45) is 23.7 Å². The van der Waals surface area contributed by atoms with Gasteiger partial charge in [-0.05, 0) is 74.9 Å². The van der Waals surface area contributed by atoms with Crippen molar-refractivity contribution in [3.05, 3.63) is 54.6 Å². The summed E-state index contributed by atoms with van der Waals surface area (Å²) in [7, 11) is 0. The fraction of sp³-hybridized carbons (Fsp3) is 0.545. The van der Waals surface area contributed by atoms with Crippen molar-refractivity contribution >= 4 is 46.5 Å². The fourth-order valence-electron chi connectivity index (χ4n) is 7.57. The van der Waals surface area contributed by atoms with Crippen molar-refractivity contribution in [1.29, 1.82) is 0 Å². The molecule has 226 valence electrons. The van der Waals surface area contributed by atoms with Crippen LogP contribution in [-0.4, -0.2) is 69.5 Å². The molecule has 5 rings (SSSR count). The summed E-state index contributed by atoms with van der Waals surface area (Å²) in [5.74, 6) is -1.56. The van der Waals surface area contributed by atoms with Crippen molar-refractivity contribution in [2.45, 2.75) is 69.5 Å². The molecule has 3 N–H and O–H groups in total. The highest BCUT2D eigenvalue weighted by Crippen LogP contribution is 2.69. The number of aliphatic hydroxyl groups excluding tert-OH is 1. The quantitative estimate of drug-likeness (QED) is 0.345. The minimum atomic E-state index is -0.798. The number of carbonyl (C=O) groups excluding carboxylic acids is 3. The summed E-state index contributed by atoms with van der Waals surface area (Å²) in [6.45, 7) is 12.0. The summed E-state index contributed by atoms with van der Waals surface area (Å²) in [4.78, 5) is 46.5. The fourth-order valence-corrected chi connectivity index (χ4v) is 9.98. The highest BCUT2D eigenvalue weighted by Gasteiger charge is 2.76. The van der Waals surface area contributed by atoms with Gasteiger partial charge in [-0.2, -0.15) is 0 Å². The van der Waals surface area contributed by atoms with Gasteiger partial charge in [0.15, 0.2) is 0 Å². The number of hydrogen-bond donors (Lipinski definition) is 3. The smallest absolute Gasteiger partial charge is 0.248 e. The second-order valence-corrected chi connectivity index (χ2v) is 13.9. The van der Waals surface area contributed by atoms with Gasteiger partial charge in [0.25, 0.3) is 0 Å². The molecule has 3 aliphatic heterocycles. The Morgan fingerprint density at radius 3 is 2.24 bits per heavy atom. The van der Waals surface area contributed by atoms with Crippen molar-refractivity contribution in [3.8, 4) is 0 Å². The summed E-state index contributed by atoms with van der Waals surface area (Å²) in [5, 5.41) is 16.6. The van der Waals surface area contributed by atoms with Crippen LogP contribution in [0.4, 0.5) is 17.1 Å². The number of benzene rings is 2. The third kappa shape index (κ3) is 5.19. The minimum absolute atomic E-state index is 0.0476. The summed E-state index contributed by atoms with van der Waals surface area (Å²) in [6.07, 6.45) is 1.32. The average molecular weight is 593 g/mol. The van der Waals surface area contributed by atoms with Crippen LogP contribution in [0.2, 0.25) is 0 Å². The Balaban J connectivity index is 1.50. The number of nitrogens with one attached hydrogen (secondary N) is 2. The summed E-state index contributed by atoms with van der Waals surface area (Å²) in [5.41, 5.74) is 2.43. The number of nitrogens with zero attached hydrogens (tertiary/aromatic N) is 2. The van der Waals surface area contributed by atoms with E-state index in [-0.39, 0.29) is 41.4 Å². The average Bonchev–Trinajstić information content (AvgIpc) is 3.57. The first-order valence-corrected chi connectivity index (χ1v) is 16.2. The number of thioether (sulfide) groups is 1. The van der Waals surface area contributed by atoms with Gasteiger partial charge >= 0.3 is 0 Å². The second kappa shape index (κ2) is 12.3. The Hall–Kier alpha value is -3.04. The summed E-state index contributed by atoms with van der Waals surface area (Å²) in [6, 6.07) is 15.8. The van der Waals surface area contributed by atoms with E-state index in [1.54, 1.807) is 16.7 Å². The van der Waals surface area contributed by atoms with Crippen LogP contribution in [0.25, 0.3) is 0 Å². The molecule has 2 bridgehead atoms. The van der Waals surface area contributed by atoms with Crippen LogP contribution < -0.4 is 15.5 Å². The van der Waals surface area contributed by atoms with Gasteiger partial charge in [0.1, 0.15) is 6.04 Å². The van der Waals surface area contributed by atoms with Crippen molar-refractivity contribution in [2.75, 3.05) is 35.2 Å². The molecular weight excluding hydrogens is 548 g/mol. The number of anilines is 3. The molecule has 1 spiro atoms. The standard InChI is InChI=1S/C33H44N4O4S/c1-6-36(7-2)24-15-13-23(14-16-24)35-31(40)29-33-21(5)18-26(42-33)27(30(39)34-22-11-9-8-10-12-22)28(33)32(41)37(29)25(19-38)17-20(3)4/h8-16,20-21,25-29,38H,6-7,17-19H2,1-5H3,(H,34,39)(H,35,40)/t21?,25-,26+,27-,28+,29?,33?/m1/s1. The van der Waals surface area contributed by atoms with Gasteiger partial charge in [0.2, 0.25) is 17.7 Å². The predicted molar refractivity (Wildman–Crippen MR) is 170 cm³/mol. The highest BCUT2D eigenvalue weighted by atomic mass is 32.2. The lowest BCUT2D eigenvalue weighted by Crippen LogP contribution is -2.57. The molecular formula is C33H44N4O4S. The van der Waals surface area contributed by atoms with E-state index in [2.05, 4.69) is 36.3 Å². The van der Waals surface area contributed by atoms with Crippen LogP contribution in [-0.2, 0) is 14.4 Å². The van der Waals surface area contributed by atoms with Gasteiger partial charge < -0.3 is 25.5 Å². The zero-order valence-corrected chi connectivity index (χ0v) is 26.1. The zero-order chi connectivity index (χ0) is 30.2. The molecule has 9 heteroatoms. The Morgan fingerprint density at radius 2 is 1.64 bits per heavy atom. The summed E-state index contributed by atoms with van der Waals surface area (Å²) >= 11 is 1.65. The van der Waals surface area contributed by atoms with Gasteiger partial charge in [-0.3, -0.25) is 14.4 Å². The Kier molecular flexibility index (Phi) is 8.90. The molecule has 0 saturated carbocycles. The predicted octanol–water partition coefficient (Wildman–Crippen LogP) is 4.85. The largest absolute Gasteiger partial charge is 0.394 e. The number of aliphatic hydroxyl groups is 1. The van der Waals surface area contributed by atoms with Gasteiger partial charge in [0.05, 0.1) is 29.2 Å². The normalized spacial score (nSPS) is 28.6. The second-order valence-electron chi connectivity index (χ2n) is 12.3. The third-order valence-electron chi connectivity index (χ3n) is 9.39. The topological polar surface area (TPSA) is 102 Å². The van der Waals surface area contributed by atoms with Crippen LogP contribution >= 0.6 is 11.8 Å². The number of para-hydroxylation sites is 1. The molecule has 3 heterocycles. The lowest BCUT2D eigenvalue weighted by molar-refractivity contribution is -0.141. The maximum absolute atomic E-state index is 14.5. The number of rotatable bonds is 11.